The first-order valence-electron chi connectivity index (χ1n) is 9.05. The Balaban J connectivity index is 1.52. The predicted molar refractivity (Wildman–Crippen MR) is 117 cm³/mol. The van der Waals surface area contributed by atoms with Gasteiger partial charge in [-0.05, 0) is 42.1 Å². The summed E-state index contributed by atoms with van der Waals surface area (Å²) in [5.74, 6) is 1.66. The molecule has 0 bridgehead atoms. The van der Waals surface area contributed by atoms with Gasteiger partial charge in [0.15, 0.2) is 11.0 Å². The lowest BCUT2D eigenvalue weighted by atomic mass is 10.2. The van der Waals surface area contributed by atoms with E-state index in [-0.39, 0.29) is 5.91 Å². The third kappa shape index (κ3) is 3.95. The molecule has 2 aromatic heterocycles. The highest BCUT2D eigenvalue weighted by Crippen LogP contribution is 2.34. The summed E-state index contributed by atoms with van der Waals surface area (Å²) in [5.41, 5.74) is 1.98. The highest BCUT2D eigenvalue weighted by atomic mass is 32.2. The summed E-state index contributed by atoms with van der Waals surface area (Å²) in [6.07, 6.45) is 0. The molecule has 0 spiro atoms. The van der Waals surface area contributed by atoms with Crippen LogP contribution < -0.4 is 5.32 Å². The third-order valence-electron chi connectivity index (χ3n) is 4.32. The molecule has 4 aromatic rings. The average Bonchev–Trinajstić information content (AvgIpc) is 3.30. The Morgan fingerprint density at radius 1 is 1.14 bits per heavy atom. The lowest BCUT2D eigenvalue weighted by Gasteiger charge is -2.07. The molecule has 4 rings (SSSR count). The van der Waals surface area contributed by atoms with E-state index in [4.69, 9.17) is 0 Å². The minimum atomic E-state index is -0.0630. The first-order chi connectivity index (χ1) is 13.6. The van der Waals surface area contributed by atoms with E-state index in [1.165, 1.54) is 22.6 Å². The maximum atomic E-state index is 11.1. The molecule has 0 saturated carbocycles. The largest absolute Gasteiger partial charge is 0.326 e. The van der Waals surface area contributed by atoms with Crippen LogP contribution in [-0.4, -0.2) is 20.7 Å². The second-order valence-electron chi connectivity index (χ2n) is 6.37. The summed E-state index contributed by atoms with van der Waals surface area (Å²) < 4.78 is 3.43. The monoisotopic (exact) mass is 408 g/mol. The number of hydrogen-bond donors (Lipinski definition) is 1. The van der Waals surface area contributed by atoms with Crippen molar-refractivity contribution in [2.45, 2.75) is 31.3 Å². The third-order valence-corrected chi connectivity index (χ3v) is 6.47. The number of nitrogens with zero attached hydrogens (tertiary/aromatic N) is 3. The molecule has 2 heterocycles. The first kappa shape index (κ1) is 18.7. The number of fused-ring (bicyclic) bond motifs is 1. The van der Waals surface area contributed by atoms with Crippen LogP contribution in [0.2, 0.25) is 0 Å². The molecule has 142 valence electrons. The van der Waals surface area contributed by atoms with Gasteiger partial charge in [-0.15, -0.1) is 21.5 Å². The van der Waals surface area contributed by atoms with Gasteiger partial charge in [-0.2, -0.15) is 0 Å². The average molecular weight is 409 g/mol. The smallest absolute Gasteiger partial charge is 0.221 e. The van der Waals surface area contributed by atoms with Gasteiger partial charge < -0.3 is 9.88 Å². The fourth-order valence-electron chi connectivity index (χ4n) is 2.99. The highest BCUT2D eigenvalue weighted by Gasteiger charge is 2.15. The summed E-state index contributed by atoms with van der Waals surface area (Å²) >= 11 is 3.42. The number of amides is 1. The van der Waals surface area contributed by atoms with Crippen LogP contribution in [0.1, 0.15) is 19.4 Å². The molecule has 0 aliphatic carbocycles. The van der Waals surface area contributed by atoms with Crippen LogP contribution >= 0.6 is 23.1 Å². The van der Waals surface area contributed by atoms with E-state index in [9.17, 15) is 4.79 Å². The zero-order valence-corrected chi connectivity index (χ0v) is 17.3. The van der Waals surface area contributed by atoms with Crippen LogP contribution in [0.3, 0.4) is 0 Å². The molecule has 1 amide bonds. The quantitative estimate of drug-likeness (QED) is 0.432. The van der Waals surface area contributed by atoms with Gasteiger partial charge in [-0.25, -0.2) is 0 Å². The minimum absolute atomic E-state index is 0.0630. The Kier molecular flexibility index (Phi) is 5.45. The number of anilines is 1. The molecular weight excluding hydrogens is 388 g/mol. The fraction of sp³-hybridized carbons (Fsp3) is 0.190. The first-order valence-corrected chi connectivity index (χ1v) is 10.9. The van der Waals surface area contributed by atoms with E-state index in [1.807, 2.05) is 24.3 Å². The highest BCUT2D eigenvalue weighted by molar-refractivity contribution is 7.98. The van der Waals surface area contributed by atoms with Gasteiger partial charge in [-0.3, -0.25) is 4.79 Å². The number of carbonyl (C=O) groups is 1. The lowest BCUT2D eigenvalue weighted by molar-refractivity contribution is -0.114. The van der Waals surface area contributed by atoms with E-state index >= 15 is 0 Å². The molecule has 0 atom stereocenters. The Morgan fingerprint density at radius 3 is 2.64 bits per heavy atom. The van der Waals surface area contributed by atoms with Crippen LogP contribution in [-0.2, 0) is 17.1 Å². The van der Waals surface area contributed by atoms with Crippen LogP contribution in [0.4, 0.5) is 5.69 Å². The topological polar surface area (TPSA) is 59.8 Å². The van der Waals surface area contributed by atoms with Gasteiger partial charge in [-0.1, -0.05) is 42.1 Å². The molecule has 7 heteroatoms. The number of nitrogens with one attached hydrogen (secondary N) is 1. The van der Waals surface area contributed by atoms with Crippen LogP contribution in [0, 0.1) is 0 Å². The van der Waals surface area contributed by atoms with E-state index in [1.54, 1.807) is 23.1 Å². The van der Waals surface area contributed by atoms with Crippen molar-refractivity contribution >= 4 is 44.8 Å². The SMILES string of the molecule is CCn1c(SCc2ccc(NC(C)=O)cc2)nnc1-c1cc2ccccc2s1. The lowest BCUT2D eigenvalue weighted by Crippen LogP contribution is -2.05. The standard InChI is InChI=1S/C21H20N4OS2/c1-3-25-20(19-12-16-6-4-5-7-18(16)28-19)23-24-21(25)27-13-15-8-10-17(11-9-15)22-14(2)26/h4-12H,3,13H2,1-2H3,(H,22,26). The fourth-order valence-corrected chi connectivity index (χ4v) is 5.01. The van der Waals surface area contributed by atoms with Gasteiger partial charge in [0.25, 0.3) is 0 Å². The van der Waals surface area contributed by atoms with Crippen molar-refractivity contribution in [3.8, 4) is 10.7 Å². The van der Waals surface area contributed by atoms with Crippen molar-refractivity contribution in [2.75, 3.05) is 5.32 Å². The molecule has 0 radical (unpaired) electrons. The maximum absolute atomic E-state index is 11.1. The second kappa shape index (κ2) is 8.16. The van der Waals surface area contributed by atoms with Gasteiger partial charge >= 0.3 is 0 Å². The molecule has 0 aliphatic rings. The van der Waals surface area contributed by atoms with E-state index < -0.39 is 0 Å². The number of benzene rings is 2. The predicted octanol–water partition coefficient (Wildman–Crippen LogP) is 5.43. The number of hydrogen-bond acceptors (Lipinski definition) is 5. The van der Waals surface area contributed by atoms with Crippen LogP contribution in [0.25, 0.3) is 20.8 Å². The summed E-state index contributed by atoms with van der Waals surface area (Å²) in [6, 6.07) is 18.5. The van der Waals surface area contributed by atoms with E-state index in [0.717, 1.165) is 33.8 Å². The summed E-state index contributed by atoms with van der Waals surface area (Å²) in [5, 5.41) is 13.8. The second-order valence-corrected chi connectivity index (χ2v) is 8.39. The van der Waals surface area contributed by atoms with Crippen LogP contribution in [0.5, 0.6) is 0 Å². The zero-order valence-electron chi connectivity index (χ0n) is 15.7. The zero-order chi connectivity index (χ0) is 19.5. The molecule has 0 unspecified atom stereocenters. The number of aromatic nitrogens is 3. The van der Waals surface area contributed by atoms with Gasteiger partial charge in [0.2, 0.25) is 5.91 Å². The van der Waals surface area contributed by atoms with Gasteiger partial charge in [0.1, 0.15) is 0 Å². The van der Waals surface area contributed by atoms with Gasteiger partial charge in [0, 0.05) is 29.6 Å². The number of thiophene rings is 1. The number of thioether (sulfide) groups is 1. The van der Waals surface area contributed by atoms with Crippen molar-refractivity contribution in [3.63, 3.8) is 0 Å². The number of carbonyl (C=O) groups excluding carboxylic acids is 1. The molecule has 0 aliphatic heterocycles. The summed E-state index contributed by atoms with van der Waals surface area (Å²) in [4.78, 5) is 12.3. The molecule has 5 nitrogen and oxygen atoms in total. The van der Waals surface area contributed by atoms with Crippen molar-refractivity contribution in [2.24, 2.45) is 0 Å². The Hall–Kier alpha value is -2.64. The minimum Gasteiger partial charge on any atom is -0.326 e. The Labute approximate surface area is 171 Å². The summed E-state index contributed by atoms with van der Waals surface area (Å²) in [6.45, 7) is 4.45. The molecule has 2 aromatic carbocycles. The van der Waals surface area contributed by atoms with E-state index in [0.29, 0.717) is 0 Å². The van der Waals surface area contributed by atoms with Crippen LogP contribution in [0.15, 0.2) is 59.8 Å². The Morgan fingerprint density at radius 2 is 1.93 bits per heavy atom. The summed E-state index contributed by atoms with van der Waals surface area (Å²) in [7, 11) is 0. The van der Waals surface area contributed by atoms with Gasteiger partial charge in [0.05, 0.1) is 4.88 Å². The molecule has 1 N–H and O–H groups in total. The molecule has 0 saturated heterocycles. The van der Waals surface area contributed by atoms with Crippen molar-refractivity contribution in [1.29, 1.82) is 0 Å². The molecule has 28 heavy (non-hydrogen) atoms. The maximum Gasteiger partial charge on any atom is 0.221 e. The Bertz CT molecular complexity index is 1080. The molecule has 0 fully saturated rings. The van der Waals surface area contributed by atoms with Crippen molar-refractivity contribution in [1.82, 2.24) is 14.8 Å². The van der Waals surface area contributed by atoms with Crippen molar-refractivity contribution < 1.29 is 4.79 Å². The van der Waals surface area contributed by atoms with Crippen molar-refractivity contribution in [3.05, 3.63) is 60.2 Å². The van der Waals surface area contributed by atoms with E-state index in [2.05, 4.69) is 57.3 Å². The normalized spacial score (nSPS) is 11.1. The molecular formula is C21H20N4OS2. The number of rotatable bonds is 6.